The Morgan fingerprint density at radius 3 is 2.66 bits per heavy atom. The molecule has 1 unspecified atom stereocenters. The van der Waals surface area contributed by atoms with Crippen molar-refractivity contribution < 1.29 is 18.5 Å². The monoisotopic (exact) mass is 457 g/mol. The summed E-state index contributed by atoms with van der Waals surface area (Å²) in [5, 5.41) is 3.10. The van der Waals surface area contributed by atoms with Gasteiger partial charge in [0.25, 0.3) is 0 Å². The molecule has 3 aliphatic rings. The fourth-order valence-electron chi connectivity index (χ4n) is 4.23. The van der Waals surface area contributed by atoms with Crippen LogP contribution < -0.4 is 15.0 Å². The summed E-state index contributed by atoms with van der Waals surface area (Å²) in [6, 6.07) is 7.80. The van der Waals surface area contributed by atoms with Gasteiger partial charge in [-0.25, -0.2) is 14.8 Å². The minimum atomic E-state index is -0.991. The van der Waals surface area contributed by atoms with Crippen molar-refractivity contribution in [3.8, 4) is 5.88 Å². The van der Waals surface area contributed by atoms with Crippen molar-refractivity contribution in [2.75, 3.05) is 43.9 Å². The van der Waals surface area contributed by atoms with E-state index in [1.54, 1.807) is 11.2 Å². The summed E-state index contributed by atoms with van der Waals surface area (Å²) in [5.41, 5.74) is 2.26. The molecular weight excluding hydrogens is 430 g/mol. The van der Waals surface area contributed by atoms with Gasteiger partial charge in [-0.3, -0.25) is 4.21 Å². The molecule has 170 valence electrons. The molecule has 1 N–H and O–H groups in total. The van der Waals surface area contributed by atoms with Crippen molar-refractivity contribution in [3.63, 3.8) is 0 Å². The number of hydrogen-bond acceptors (Lipinski definition) is 8. The lowest BCUT2D eigenvalue weighted by Gasteiger charge is -2.34. The largest absolute Gasteiger partial charge is 0.474 e. The highest BCUT2D eigenvalue weighted by atomic mass is 32.2. The quantitative estimate of drug-likeness (QED) is 0.727. The van der Waals surface area contributed by atoms with Crippen LogP contribution in [0.2, 0.25) is 0 Å². The molecule has 10 heteroatoms. The lowest BCUT2D eigenvalue weighted by atomic mass is 10.1. The minimum absolute atomic E-state index is 0.000116. The Hall–Kier alpha value is -2.72. The van der Waals surface area contributed by atoms with Gasteiger partial charge in [-0.15, -0.1) is 0 Å². The second-order valence-electron chi connectivity index (χ2n) is 8.33. The maximum atomic E-state index is 12.2. The number of carbonyl (C=O) groups is 1. The van der Waals surface area contributed by atoms with Crippen molar-refractivity contribution in [2.24, 2.45) is 0 Å². The number of ether oxygens (including phenoxy) is 2. The van der Waals surface area contributed by atoms with Gasteiger partial charge in [-0.1, -0.05) is 0 Å². The number of hydrogen-bond donors (Lipinski definition) is 1. The number of nitrogens with one attached hydrogen (secondary N) is 1. The van der Waals surface area contributed by atoms with E-state index in [0.717, 1.165) is 55.3 Å². The lowest BCUT2D eigenvalue weighted by Crippen LogP contribution is -2.52. The fraction of sp³-hybridized carbons (Fsp3) is 0.500. The van der Waals surface area contributed by atoms with Crippen molar-refractivity contribution in [2.45, 2.75) is 36.4 Å². The Kier molecular flexibility index (Phi) is 5.97. The molecule has 0 spiro atoms. The first kappa shape index (κ1) is 21.1. The predicted molar refractivity (Wildman–Crippen MR) is 120 cm³/mol. The highest BCUT2D eigenvalue weighted by Crippen LogP contribution is 2.35. The zero-order valence-corrected chi connectivity index (χ0v) is 18.8. The van der Waals surface area contributed by atoms with Crippen molar-refractivity contribution in [1.29, 1.82) is 0 Å². The molecule has 3 aliphatic heterocycles. The first-order valence-electron chi connectivity index (χ1n) is 11.0. The third kappa shape index (κ3) is 4.42. The van der Waals surface area contributed by atoms with Gasteiger partial charge in [0.15, 0.2) is 0 Å². The summed E-state index contributed by atoms with van der Waals surface area (Å²) in [6.45, 7) is 3.51. The highest BCUT2D eigenvalue weighted by molar-refractivity contribution is 7.84. The van der Waals surface area contributed by atoms with Crippen LogP contribution in [0, 0.1) is 0 Å². The smallest absolute Gasteiger partial charge is 0.410 e. The second kappa shape index (κ2) is 9.03. The normalized spacial score (nSPS) is 19.9. The summed E-state index contributed by atoms with van der Waals surface area (Å²) in [5.74, 6) is 1.32. The average Bonchev–Trinajstić information content (AvgIpc) is 3.20. The molecule has 2 fully saturated rings. The van der Waals surface area contributed by atoms with Gasteiger partial charge in [0, 0.05) is 79.3 Å². The highest BCUT2D eigenvalue weighted by Gasteiger charge is 2.29. The second-order valence-corrected chi connectivity index (χ2v) is 9.71. The number of carbonyl (C=O) groups excluding carboxylic acids is 1. The molecule has 1 aromatic heterocycles. The summed E-state index contributed by atoms with van der Waals surface area (Å²) >= 11 is 0. The van der Waals surface area contributed by atoms with E-state index in [-0.39, 0.29) is 18.3 Å². The van der Waals surface area contributed by atoms with E-state index in [1.165, 1.54) is 11.9 Å². The zero-order chi connectivity index (χ0) is 22.1. The number of nitrogens with zero attached hydrogens (tertiary/aromatic N) is 4. The Labute approximate surface area is 189 Å². The molecule has 0 bridgehead atoms. The van der Waals surface area contributed by atoms with Crippen LogP contribution in [0.25, 0.3) is 0 Å². The maximum absolute atomic E-state index is 12.2. The third-order valence-electron chi connectivity index (χ3n) is 6.18. The number of amides is 1. The van der Waals surface area contributed by atoms with Gasteiger partial charge >= 0.3 is 6.09 Å². The molecule has 0 saturated carbocycles. The Morgan fingerprint density at radius 2 is 1.94 bits per heavy atom. The number of fused-ring (bicyclic) bond motifs is 1. The van der Waals surface area contributed by atoms with E-state index >= 15 is 0 Å². The van der Waals surface area contributed by atoms with Gasteiger partial charge < -0.3 is 24.6 Å². The SMILES string of the molecule is CS(=O)c1ccc2c(c1)CCN2c1cc(OC2CCN(C(=O)OC3CNC3)CC2)ncn1. The van der Waals surface area contributed by atoms with Crippen LogP contribution in [0.4, 0.5) is 16.3 Å². The molecule has 5 rings (SSSR count). The molecule has 2 saturated heterocycles. The van der Waals surface area contributed by atoms with Crippen molar-refractivity contribution in [3.05, 3.63) is 36.2 Å². The van der Waals surface area contributed by atoms with Crippen molar-refractivity contribution in [1.82, 2.24) is 20.2 Å². The standard InChI is InChI=1S/C22H27N5O4S/c1-32(29)18-2-3-19-15(10-18)4-9-27(19)20-11-21(25-14-24-20)30-16-5-7-26(8-6-16)22(28)31-17-12-23-13-17/h2-3,10-11,14,16-17,23H,4-9,12-13H2,1H3. The van der Waals surface area contributed by atoms with E-state index in [9.17, 15) is 9.00 Å². The number of anilines is 2. The topological polar surface area (TPSA) is 96.9 Å². The van der Waals surface area contributed by atoms with Gasteiger partial charge in [0.05, 0.1) is 0 Å². The number of likely N-dealkylation sites (tertiary alicyclic amines) is 1. The van der Waals surface area contributed by atoms with E-state index < -0.39 is 10.8 Å². The fourth-order valence-corrected chi connectivity index (χ4v) is 4.79. The number of aromatic nitrogens is 2. The summed E-state index contributed by atoms with van der Waals surface area (Å²) in [4.78, 5) is 25.7. The molecule has 4 heterocycles. The van der Waals surface area contributed by atoms with E-state index in [2.05, 4.69) is 20.2 Å². The Balaban J connectivity index is 1.20. The molecule has 1 aromatic carbocycles. The van der Waals surface area contributed by atoms with Gasteiger partial charge in [-0.05, 0) is 30.2 Å². The molecule has 1 amide bonds. The molecular formula is C22H27N5O4S. The molecule has 1 atom stereocenters. The first-order chi connectivity index (χ1) is 15.6. The van der Waals surface area contributed by atoms with Crippen LogP contribution in [0.1, 0.15) is 18.4 Å². The van der Waals surface area contributed by atoms with Crippen LogP contribution in [-0.4, -0.2) is 76.4 Å². The summed E-state index contributed by atoms with van der Waals surface area (Å²) in [7, 11) is -0.991. The van der Waals surface area contributed by atoms with Crippen LogP contribution in [0.3, 0.4) is 0 Å². The number of piperidine rings is 1. The van der Waals surface area contributed by atoms with E-state index in [4.69, 9.17) is 9.47 Å². The van der Waals surface area contributed by atoms with E-state index in [1.807, 2.05) is 24.3 Å². The van der Waals surface area contributed by atoms with E-state index in [0.29, 0.717) is 19.0 Å². The van der Waals surface area contributed by atoms with Crippen LogP contribution in [-0.2, 0) is 22.0 Å². The Morgan fingerprint density at radius 1 is 1.12 bits per heavy atom. The average molecular weight is 458 g/mol. The molecule has 9 nitrogen and oxygen atoms in total. The van der Waals surface area contributed by atoms with Gasteiger partial charge in [0.1, 0.15) is 24.4 Å². The maximum Gasteiger partial charge on any atom is 0.410 e. The van der Waals surface area contributed by atoms with Crippen LogP contribution in [0.15, 0.2) is 35.5 Å². The summed E-state index contributed by atoms with van der Waals surface area (Å²) < 4.78 is 23.4. The van der Waals surface area contributed by atoms with Crippen LogP contribution >= 0.6 is 0 Å². The number of benzene rings is 1. The Bertz CT molecular complexity index is 1020. The summed E-state index contributed by atoms with van der Waals surface area (Å²) in [6.07, 6.45) is 5.34. The lowest BCUT2D eigenvalue weighted by molar-refractivity contribution is 0.0243. The first-order valence-corrected chi connectivity index (χ1v) is 12.5. The van der Waals surface area contributed by atoms with Crippen molar-refractivity contribution >= 4 is 28.4 Å². The van der Waals surface area contributed by atoms with Gasteiger partial charge in [-0.2, -0.15) is 0 Å². The zero-order valence-electron chi connectivity index (χ0n) is 18.0. The van der Waals surface area contributed by atoms with Gasteiger partial charge in [0.2, 0.25) is 5.88 Å². The molecule has 0 radical (unpaired) electrons. The molecule has 0 aliphatic carbocycles. The molecule has 32 heavy (non-hydrogen) atoms. The molecule has 2 aromatic rings. The van der Waals surface area contributed by atoms with Crippen LogP contribution in [0.5, 0.6) is 5.88 Å². The predicted octanol–water partition coefficient (Wildman–Crippen LogP) is 1.86. The minimum Gasteiger partial charge on any atom is -0.474 e. The third-order valence-corrected chi connectivity index (χ3v) is 7.10. The number of rotatable bonds is 5.